The minimum absolute atomic E-state index is 0.884. The second kappa shape index (κ2) is 4.80. The van der Waals surface area contributed by atoms with Gasteiger partial charge in [0.2, 0.25) is 0 Å². The van der Waals surface area contributed by atoms with Crippen molar-refractivity contribution in [2.24, 2.45) is 0 Å². The molecule has 84 valence electrons. The van der Waals surface area contributed by atoms with Crippen molar-refractivity contribution in [2.45, 2.75) is 0 Å². The molecule has 2 radical (unpaired) electrons. The quantitative estimate of drug-likeness (QED) is 0.674. The second-order valence-electron chi connectivity index (χ2n) is 3.80. The molecule has 0 bridgehead atoms. The van der Waals surface area contributed by atoms with Crippen LogP contribution in [-0.4, -0.2) is 9.97 Å². The first-order valence-electron chi connectivity index (χ1n) is 5.70. The highest BCUT2D eigenvalue weighted by molar-refractivity contribution is 5.78. The molecule has 0 spiro atoms. The Kier molecular flexibility index (Phi) is 2.84. The van der Waals surface area contributed by atoms with Gasteiger partial charge in [0.15, 0.2) is 0 Å². The molecule has 2 aromatic heterocycles. The summed E-state index contributed by atoms with van der Waals surface area (Å²) >= 11 is 0. The smallest absolute Gasteiger partial charge is 0.0715 e. The summed E-state index contributed by atoms with van der Waals surface area (Å²) in [5.41, 5.74) is 3.62. The fourth-order valence-electron chi connectivity index (χ4n) is 1.82. The van der Waals surface area contributed by atoms with E-state index in [9.17, 15) is 0 Å². The Morgan fingerprint density at radius 1 is 0.667 bits per heavy atom. The van der Waals surface area contributed by atoms with Crippen molar-refractivity contribution < 1.29 is 0 Å². The predicted octanol–water partition coefficient (Wildman–Crippen LogP) is 3.41. The molecule has 18 heavy (non-hydrogen) atoms. The van der Waals surface area contributed by atoms with Gasteiger partial charge in [-0.15, -0.1) is 0 Å². The maximum Gasteiger partial charge on any atom is 0.0715 e. The highest BCUT2D eigenvalue weighted by atomic mass is 14.7. The van der Waals surface area contributed by atoms with E-state index in [1.807, 2.05) is 48.5 Å². The Labute approximate surface area is 106 Å². The van der Waals surface area contributed by atoms with E-state index >= 15 is 0 Å². The van der Waals surface area contributed by atoms with Gasteiger partial charge in [0.05, 0.1) is 11.4 Å². The molecule has 0 amide bonds. The van der Waals surface area contributed by atoms with E-state index in [1.165, 1.54) is 0 Å². The summed E-state index contributed by atoms with van der Waals surface area (Å²) in [5, 5.41) is 0. The fraction of sp³-hybridized carbons (Fsp3) is 0. The van der Waals surface area contributed by atoms with Crippen molar-refractivity contribution in [2.75, 3.05) is 0 Å². The SMILES string of the molecule is [c]1cc[c]c(-c2ccccn2)c1-c1ccccn1. The van der Waals surface area contributed by atoms with Gasteiger partial charge in [0.1, 0.15) is 0 Å². The van der Waals surface area contributed by atoms with Crippen LogP contribution in [0, 0.1) is 12.1 Å². The van der Waals surface area contributed by atoms with Crippen molar-refractivity contribution in [1.82, 2.24) is 9.97 Å². The van der Waals surface area contributed by atoms with Crippen LogP contribution < -0.4 is 0 Å². The van der Waals surface area contributed by atoms with E-state index in [0.29, 0.717) is 0 Å². The molecular formula is C16H10N2. The molecule has 0 saturated carbocycles. The summed E-state index contributed by atoms with van der Waals surface area (Å²) in [6.45, 7) is 0. The number of pyridine rings is 2. The van der Waals surface area contributed by atoms with Crippen molar-refractivity contribution >= 4 is 0 Å². The molecule has 0 fully saturated rings. The third-order valence-corrected chi connectivity index (χ3v) is 2.63. The van der Waals surface area contributed by atoms with Gasteiger partial charge < -0.3 is 0 Å². The summed E-state index contributed by atoms with van der Waals surface area (Å²) in [7, 11) is 0. The summed E-state index contributed by atoms with van der Waals surface area (Å²) < 4.78 is 0. The number of nitrogens with zero attached hydrogens (tertiary/aromatic N) is 2. The van der Waals surface area contributed by atoms with Crippen LogP contribution in [0.4, 0.5) is 0 Å². The molecule has 0 saturated heterocycles. The monoisotopic (exact) mass is 230 g/mol. The van der Waals surface area contributed by atoms with E-state index in [4.69, 9.17) is 0 Å². The average Bonchev–Trinajstić information content (AvgIpc) is 2.49. The Morgan fingerprint density at radius 2 is 1.17 bits per heavy atom. The molecule has 0 aliphatic carbocycles. The molecule has 1 aromatic carbocycles. The van der Waals surface area contributed by atoms with Crippen molar-refractivity contribution in [3.63, 3.8) is 0 Å². The van der Waals surface area contributed by atoms with E-state index in [-0.39, 0.29) is 0 Å². The largest absolute Gasteiger partial charge is 0.256 e. The zero-order chi connectivity index (χ0) is 12.2. The van der Waals surface area contributed by atoms with Gasteiger partial charge in [0, 0.05) is 23.5 Å². The number of hydrogen-bond donors (Lipinski definition) is 0. The van der Waals surface area contributed by atoms with Crippen molar-refractivity contribution in [3.05, 3.63) is 73.1 Å². The molecule has 3 aromatic rings. The predicted molar refractivity (Wildman–Crippen MR) is 70.6 cm³/mol. The third-order valence-electron chi connectivity index (χ3n) is 2.63. The van der Waals surface area contributed by atoms with Gasteiger partial charge >= 0.3 is 0 Å². The Balaban J connectivity index is 2.18. The molecule has 3 rings (SSSR count). The summed E-state index contributed by atoms with van der Waals surface area (Å²) in [5.74, 6) is 0. The minimum Gasteiger partial charge on any atom is -0.256 e. The first-order chi connectivity index (χ1) is 8.95. The van der Waals surface area contributed by atoms with Crippen LogP contribution >= 0.6 is 0 Å². The highest BCUT2D eigenvalue weighted by Crippen LogP contribution is 2.28. The summed E-state index contributed by atoms with van der Waals surface area (Å²) in [6.07, 6.45) is 3.55. The van der Waals surface area contributed by atoms with E-state index in [0.717, 1.165) is 22.5 Å². The first-order valence-corrected chi connectivity index (χ1v) is 5.70. The van der Waals surface area contributed by atoms with Gasteiger partial charge in [-0.2, -0.15) is 0 Å². The molecule has 0 aliphatic heterocycles. The number of rotatable bonds is 2. The Bertz CT molecular complexity index is 575. The molecule has 2 heterocycles. The Morgan fingerprint density at radius 3 is 1.56 bits per heavy atom. The lowest BCUT2D eigenvalue weighted by atomic mass is 10.0. The van der Waals surface area contributed by atoms with Gasteiger partial charge in [-0.25, -0.2) is 0 Å². The van der Waals surface area contributed by atoms with Gasteiger partial charge in [-0.05, 0) is 36.4 Å². The highest BCUT2D eigenvalue weighted by Gasteiger charge is 2.08. The lowest BCUT2D eigenvalue weighted by molar-refractivity contribution is 1.30. The van der Waals surface area contributed by atoms with Crippen LogP contribution in [0.25, 0.3) is 22.5 Å². The lowest BCUT2D eigenvalue weighted by Crippen LogP contribution is -1.89. The standard InChI is InChI=1S/C16H10N2/c1-2-8-14(16-10-4-6-12-18-16)13(7-1)15-9-3-5-11-17-15/h1-6,9-12H. The first kappa shape index (κ1) is 10.7. The van der Waals surface area contributed by atoms with Crippen LogP contribution in [-0.2, 0) is 0 Å². The van der Waals surface area contributed by atoms with E-state index in [1.54, 1.807) is 12.4 Å². The maximum absolute atomic E-state index is 4.36. The second-order valence-corrected chi connectivity index (χ2v) is 3.80. The number of aromatic nitrogens is 2. The molecule has 2 heteroatoms. The van der Waals surface area contributed by atoms with Gasteiger partial charge in [-0.1, -0.05) is 24.3 Å². The normalized spacial score (nSPS) is 10.2. The van der Waals surface area contributed by atoms with Crippen LogP contribution in [0.2, 0.25) is 0 Å². The van der Waals surface area contributed by atoms with Crippen LogP contribution in [0.1, 0.15) is 0 Å². The zero-order valence-corrected chi connectivity index (χ0v) is 9.67. The average molecular weight is 230 g/mol. The van der Waals surface area contributed by atoms with Crippen LogP contribution in [0.15, 0.2) is 60.9 Å². The zero-order valence-electron chi connectivity index (χ0n) is 9.67. The van der Waals surface area contributed by atoms with Crippen LogP contribution in [0.5, 0.6) is 0 Å². The molecule has 0 aliphatic rings. The molecule has 0 unspecified atom stereocenters. The third kappa shape index (κ3) is 2.00. The lowest BCUT2D eigenvalue weighted by Gasteiger charge is -2.07. The molecule has 0 atom stereocenters. The number of benzene rings is 1. The number of hydrogen-bond acceptors (Lipinski definition) is 2. The van der Waals surface area contributed by atoms with E-state index in [2.05, 4.69) is 22.1 Å². The molecular weight excluding hydrogens is 220 g/mol. The molecule has 0 N–H and O–H groups in total. The summed E-state index contributed by atoms with van der Waals surface area (Å²) in [6, 6.07) is 21.8. The van der Waals surface area contributed by atoms with E-state index < -0.39 is 0 Å². The molecule has 2 nitrogen and oxygen atoms in total. The Hall–Kier alpha value is -2.48. The fourth-order valence-corrected chi connectivity index (χ4v) is 1.82. The topological polar surface area (TPSA) is 25.8 Å². The van der Waals surface area contributed by atoms with Gasteiger partial charge in [0.25, 0.3) is 0 Å². The summed E-state index contributed by atoms with van der Waals surface area (Å²) in [4.78, 5) is 8.71. The van der Waals surface area contributed by atoms with Crippen LogP contribution in [0.3, 0.4) is 0 Å². The van der Waals surface area contributed by atoms with Crippen molar-refractivity contribution in [1.29, 1.82) is 0 Å². The van der Waals surface area contributed by atoms with Crippen molar-refractivity contribution in [3.8, 4) is 22.5 Å². The minimum atomic E-state index is 0.884. The maximum atomic E-state index is 4.36. The van der Waals surface area contributed by atoms with Gasteiger partial charge in [-0.3, -0.25) is 9.97 Å².